The van der Waals surface area contributed by atoms with Gasteiger partial charge in [-0.1, -0.05) is 23.2 Å². The van der Waals surface area contributed by atoms with Gasteiger partial charge in [-0.15, -0.1) is 0 Å². The lowest BCUT2D eigenvalue weighted by Gasteiger charge is -2.35. The summed E-state index contributed by atoms with van der Waals surface area (Å²) in [4.78, 5) is 28.1. The van der Waals surface area contributed by atoms with E-state index in [2.05, 4.69) is 10.3 Å². The molecule has 0 bridgehead atoms. The summed E-state index contributed by atoms with van der Waals surface area (Å²) < 4.78 is 5.90. The Morgan fingerprint density at radius 2 is 2.00 bits per heavy atom. The number of ether oxygens (including phenoxy) is 1. The molecule has 27 heavy (non-hydrogen) atoms. The minimum Gasteiger partial charge on any atom is -0.478 e. The van der Waals surface area contributed by atoms with Gasteiger partial charge in [-0.05, 0) is 55.5 Å². The van der Waals surface area contributed by atoms with Gasteiger partial charge < -0.3 is 15.2 Å². The molecule has 8 heteroatoms. The lowest BCUT2D eigenvalue weighted by Crippen LogP contribution is -2.41. The van der Waals surface area contributed by atoms with E-state index in [0.29, 0.717) is 47.3 Å². The Hall–Kier alpha value is -2.31. The van der Waals surface area contributed by atoms with Crippen LogP contribution in [0.15, 0.2) is 30.5 Å². The maximum absolute atomic E-state index is 12.7. The standard InChI is InChI=1S/C19H16Cl2N2O4/c20-11-8-14(21)16(22-9-11)27-12-3-5-19(6-4-12)13-7-10(17(24)25)1-2-15(13)23-18(19)26/h1-2,7-9,12H,3-6H2,(H,23,26)(H,24,25)/t12-,19+. The normalized spacial score (nSPS) is 23.8. The molecule has 0 atom stereocenters. The second kappa shape index (κ2) is 6.69. The number of amides is 1. The monoisotopic (exact) mass is 406 g/mol. The fraction of sp³-hybridized carbons (Fsp3) is 0.316. The number of hydrogen-bond donors (Lipinski definition) is 2. The van der Waals surface area contributed by atoms with Crippen LogP contribution in [0.5, 0.6) is 5.88 Å². The first-order chi connectivity index (χ1) is 12.9. The van der Waals surface area contributed by atoms with Crippen molar-refractivity contribution < 1.29 is 19.4 Å². The highest BCUT2D eigenvalue weighted by molar-refractivity contribution is 6.35. The molecule has 1 aromatic heterocycles. The van der Waals surface area contributed by atoms with Gasteiger partial charge in [0.2, 0.25) is 11.8 Å². The zero-order chi connectivity index (χ0) is 19.2. The van der Waals surface area contributed by atoms with Crippen LogP contribution in [0, 0.1) is 0 Å². The van der Waals surface area contributed by atoms with E-state index in [-0.39, 0.29) is 17.6 Å². The van der Waals surface area contributed by atoms with E-state index >= 15 is 0 Å². The molecular formula is C19H16Cl2N2O4. The Kier molecular flexibility index (Phi) is 4.48. The molecule has 0 radical (unpaired) electrons. The molecule has 1 amide bonds. The van der Waals surface area contributed by atoms with E-state index in [0.717, 1.165) is 5.56 Å². The van der Waals surface area contributed by atoms with E-state index in [1.54, 1.807) is 18.2 Å². The van der Waals surface area contributed by atoms with Gasteiger partial charge in [0.05, 0.1) is 16.0 Å². The van der Waals surface area contributed by atoms with Crippen LogP contribution >= 0.6 is 23.2 Å². The number of halogens is 2. The molecule has 2 aromatic rings. The molecule has 2 N–H and O–H groups in total. The number of carbonyl (C=O) groups is 2. The van der Waals surface area contributed by atoms with E-state index in [1.807, 2.05) is 0 Å². The van der Waals surface area contributed by atoms with Crippen LogP contribution in [0.4, 0.5) is 5.69 Å². The minimum absolute atomic E-state index is 0.0823. The number of pyridine rings is 1. The summed E-state index contributed by atoms with van der Waals surface area (Å²) in [5.41, 5.74) is 0.915. The fourth-order valence-electron chi connectivity index (χ4n) is 3.89. The van der Waals surface area contributed by atoms with Gasteiger partial charge in [-0.25, -0.2) is 9.78 Å². The highest BCUT2D eigenvalue weighted by Crippen LogP contribution is 2.48. The van der Waals surface area contributed by atoms with Crippen molar-refractivity contribution in [2.45, 2.75) is 37.2 Å². The first-order valence-electron chi connectivity index (χ1n) is 8.56. The number of hydrogen-bond acceptors (Lipinski definition) is 4. The van der Waals surface area contributed by atoms with E-state index in [4.69, 9.17) is 27.9 Å². The third-order valence-corrected chi connectivity index (χ3v) is 5.78. The number of rotatable bonds is 3. The summed E-state index contributed by atoms with van der Waals surface area (Å²) in [5, 5.41) is 12.9. The van der Waals surface area contributed by atoms with Crippen molar-refractivity contribution in [1.29, 1.82) is 0 Å². The van der Waals surface area contributed by atoms with Crippen LogP contribution in [0.1, 0.15) is 41.6 Å². The van der Waals surface area contributed by atoms with E-state index in [9.17, 15) is 14.7 Å². The molecule has 1 aliphatic heterocycles. The summed E-state index contributed by atoms with van der Waals surface area (Å²) in [6.07, 6.45) is 3.73. The summed E-state index contributed by atoms with van der Waals surface area (Å²) >= 11 is 12.0. The molecular weight excluding hydrogens is 391 g/mol. The van der Waals surface area contributed by atoms with Crippen LogP contribution < -0.4 is 10.1 Å². The summed E-state index contributed by atoms with van der Waals surface area (Å²) in [7, 11) is 0. The first kappa shape index (κ1) is 18.1. The quantitative estimate of drug-likeness (QED) is 0.792. The van der Waals surface area contributed by atoms with Crippen LogP contribution in [0.25, 0.3) is 0 Å². The summed E-state index contributed by atoms with van der Waals surface area (Å²) in [6, 6.07) is 6.34. The zero-order valence-electron chi connectivity index (χ0n) is 14.2. The average Bonchev–Trinajstić information content (AvgIpc) is 2.90. The molecule has 2 heterocycles. The van der Waals surface area contributed by atoms with Gasteiger partial charge in [0.1, 0.15) is 11.1 Å². The van der Waals surface area contributed by atoms with Crippen molar-refractivity contribution in [3.63, 3.8) is 0 Å². The van der Waals surface area contributed by atoms with Gasteiger partial charge in [0.15, 0.2) is 0 Å². The van der Waals surface area contributed by atoms with Gasteiger partial charge in [-0.3, -0.25) is 4.79 Å². The predicted octanol–water partition coefficient (Wildman–Crippen LogP) is 4.30. The van der Waals surface area contributed by atoms with Crippen LogP contribution in [-0.4, -0.2) is 28.1 Å². The lowest BCUT2D eigenvalue weighted by molar-refractivity contribution is -0.122. The van der Waals surface area contributed by atoms with Crippen molar-refractivity contribution in [3.8, 4) is 5.88 Å². The van der Waals surface area contributed by atoms with Gasteiger partial charge in [0, 0.05) is 11.9 Å². The van der Waals surface area contributed by atoms with Crippen molar-refractivity contribution >= 4 is 40.8 Å². The molecule has 1 aliphatic carbocycles. The highest BCUT2D eigenvalue weighted by atomic mass is 35.5. The summed E-state index contributed by atoms with van der Waals surface area (Å²) in [6.45, 7) is 0. The molecule has 1 saturated carbocycles. The van der Waals surface area contributed by atoms with Gasteiger partial charge >= 0.3 is 5.97 Å². The molecule has 1 aromatic carbocycles. The smallest absolute Gasteiger partial charge is 0.335 e. The number of benzene rings is 1. The topological polar surface area (TPSA) is 88.5 Å². The molecule has 6 nitrogen and oxygen atoms in total. The number of nitrogens with zero attached hydrogens (tertiary/aromatic N) is 1. The molecule has 1 spiro atoms. The van der Waals surface area contributed by atoms with Crippen LogP contribution in [0.2, 0.25) is 10.0 Å². The molecule has 0 unspecified atom stereocenters. The molecule has 2 aliphatic rings. The average molecular weight is 407 g/mol. The van der Waals surface area contributed by atoms with Crippen molar-refractivity contribution in [2.75, 3.05) is 5.32 Å². The van der Waals surface area contributed by atoms with Crippen LogP contribution in [-0.2, 0) is 10.2 Å². The number of fused-ring (bicyclic) bond motifs is 2. The molecule has 1 fully saturated rings. The molecule has 0 saturated heterocycles. The van der Waals surface area contributed by atoms with E-state index in [1.165, 1.54) is 12.3 Å². The second-order valence-electron chi connectivity index (χ2n) is 6.86. The Morgan fingerprint density at radius 1 is 1.26 bits per heavy atom. The fourth-order valence-corrected chi connectivity index (χ4v) is 4.32. The van der Waals surface area contributed by atoms with Crippen molar-refractivity contribution in [2.24, 2.45) is 0 Å². The van der Waals surface area contributed by atoms with Gasteiger partial charge in [-0.2, -0.15) is 0 Å². The minimum atomic E-state index is -1.01. The maximum Gasteiger partial charge on any atom is 0.335 e. The van der Waals surface area contributed by atoms with Crippen LogP contribution in [0.3, 0.4) is 0 Å². The number of aromatic nitrogens is 1. The zero-order valence-corrected chi connectivity index (χ0v) is 15.7. The SMILES string of the molecule is O=C(O)c1ccc2c(c1)[C@]1(CC[C@H](Oc3ncc(Cl)cc3Cl)CC1)C(=O)N2. The Labute approximate surface area is 165 Å². The summed E-state index contributed by atoms with van der Waals surface area (Å²) in [5.74, 6) is -0.764. The third kappa shape index (κ3) is 3.13. The maximum atomic E-state index is 12.7. The van der Waals surface area contributed by atoms with E-state index < -0.39 is 11.4 Å². The van der Waals surface area contributed by atoms with Crippen molar-refractivity contribution in [3.05, 3.63) is 51.6 Å². The van der Waals surface area contributed by atoms with Crippen molar-refractivity contribution in [1.82, 2.24) is 4.98 Å². The number of aromatic carboxylic acids is 1. The first-order valence-corrected chi connectivity index (χ1v) is 9.32. The largest absolute Gasteiger partial charge is 0.478 e. The predicted molar refractivity (Wildman–Crippen MR) is 101 cm³/mol. The highest BCUT2D eigenvalue weighted by Gasteiger charge is 2.49. The second-order valence-corrected chi connectivity index (χ2v) is 7.70. The Bertz CT molecular complexity index is 939. The number of carboxylic acid groups (broad SMARTS) is 1. The molecule has 4 rings (SSSR count). The molecule has 140 valence electrons. The number of carbonyl (C=O) groups excluding carboxylic acids is 1. The lowest BCUT2D eigenvalue weighted by atomic mass is 9.69. The number of nitrogens with one attached hydrogen (secondary N) is 1. The van der Waals surface area contributed by atoms with Gasteiger partial charge in [0.25, 0.3) is 0 Å². The number of carboxylic acids is 1. The third-order valence-electron chi connectivity index (χ3n) is 5.30. The Balaban J connectivity index is 1.54. The Morgan fingerprint density at radius 3 is 2.67 bits per heavy atom. The number of anilines is 1.